The van der Waals surface area contributed by atoms with Crippen molar-refractivity contribution in [2.45, 2.75) is 25.9 Å². The number of rotatable bonds is 5. The second-order valence-electron chi connectivity index (χ2n) is 4.99. The first-order valence-corrected chi connectivity index (χ1v) is 7.83. The van der Waals surface area contributed by atoms with Crippen molar-refractivity contribution in [2.75, 3.05) is 31.2 Å². The normalized spacial score (nSPS) is 21.0. The van der Waals surface area contributed by atoms with Gasteiger partial charge in [0, 0.05) is 26.1 Å². The van der Waals surface area contributed by atoms with E-state index in [4.69, 9.17) is 15.7 Å². The lowest BCUT2D eigenvalue weighted by Crippen LogP contribution is -2.24. The highest BCUT2D eigenvalue weighted by Crippen LogP contribution is 2.36. The van der Waals surface area contributed by atoms with Crippen molar-refractivity contribution in [3.8, 4) is 6.07 Å². The SMILES string of the molecule is CCC1OCCC1CNc1sc(C#N)c(N)c1C(=O)NC. The minimum absolute atomic E-state index is 0.249. The Morgan fingerprint density at radius 3 is 3.00 bits per heavy atom. The Morgan fingerprint density at radius 1 is 1.62 bits per heavy atom. The van der Waals surface area contributed by atoms with Gasteiger partial charge in [0.15, 0.2) is 0 Å². The molecule has 2 rings (SSSR count). The number of anilines is 2. The quantitative estimate of drug-likeness (QED) is 0.770. The highest BCUT2D eigenvalue weighted by Gasteiger charge is 2.28. The fourth-order valence-electron chi connectivity index (χ4n) is 2.60. The maximum atomic E-state index is 11.9. The molecule has 2 unspecified atom stereocenters. The van der Waals surface area contributed by atoms with E-state index in [0.717, 1.165) is 19.4 Å². The topological polar surface area (TPSA) is 100 Å². The van der Waals surface area contributed by atoms with Gasteiger partial charge >= 0.3 is 0 Å². The maximum Gasteiger partial charge on any atom is 0.256 e. The van der Waals surface area contributed by atoms with E-state index in [1.807, 2.05) is 6.07 Å². The molecular weight excluding hydrogens is 288 g/mol. The molecule has 1 aromatic heterocycles. The molecule has 0 saturated carbocycles. The third-order valence-electron chi connectivity index (χ3n) is 3.77. The van der Waals surface area contributed by atoms with Gasteiger partial charge in [-0.2, -0.15) is 5.26 Å². The lowest BCUT2D eigenvalue weighted by molar-refractivity contribution is 0.0900. The smallest absolute Gasteiger partial charge is 0.256 e. The molecule has 0 aromatic carbocycles. The van der Waals surface area contributed by atoms with Crippen LogP contribution >= 0.6 is 11.3 Å². The molecule has 2 atom stereocenters. The summed E-state index contributed by atoms with van der Waals surface area (Å²) in [5.41, 5.74) is 6.51. The zero-order valence-electron chi connectivity index (χ0n) is 12.2. The van der Waals surface area contributed by atoms with E-state index in [2.05, 4.69) is 17.6 Å². The highest BCUT2D eigenvalue weighted by molar-refractivity contribution is 7.17. The van der Waals surface area contributed by atoms with Crippen LogP contribution in [0.2, 0.25) is 0 Å². The van der Waals surface area contributed by atoms with Crippen molar-refractivity contribution in [3.63, 3.8) is 0 Å². The lowest BCUT2D eigenvalue weighted by Gasteiger charge is -2.17. The molecule has 1 aliphatic rings. The zero-order valence-corrected chi connectivity index (χ0v) is 13.0. The molecule has 21 heavy (non-hydrogen) atoms. The summed E-state index contributed by atoms with van der Waals surface area (Å²) in [7, 11) is 1.55. The Labute approximate surface area is 128 Å². The molecule has 6 nitrogen and oxygen atoms in total. The molecule has 1 saturated heterocycles. The fourth-order valence-corrected chi connectivity index (χ4v) is 3.53. The second-order valence-corrected chi connectivity index (χ2v) is 6.01. The van der Waals surface area contributed by atoms with Crippen molar-refractivity contribution in [1.82, 2.24) is 5.32 Å². The number of hydrogen-bond acceptors (Lipinski definition) is 6. The van der Waals surface area contributed by atoms with Crippen molar-refractivity contribution in [1.29, 1.82) is 5.26 Å². The van der Waals surface area contributed by atoms with Crippen LogP contribution in [0.3, 0.4) is 0 Å². The number of nitrogens with two attached hydrogens (primary N) is 1. The van der Waals surface area contributed by atoms with Gasteiger partial charge in [0.2, 0.25) is 0 Å². The van der Waals surface area contributed by atoms with E-state index in [0.29, 0.717) is 27.9 Å². The Hall–Kier alpha value is -1.78. The standard InChI is InChI=1S/C14H20N4O2S/c1-3-9-8(4-5-20-9)7-18-14-11(13(19)17-2)12(16)10(6-15)21-14/h8-9,18H,3-5,7,16H2,1-2H3,(H,17,19). The summed E-state index contributed by atoms with van der Waals surface area (Å²) in [5.74, 6) is 0.142. The summed E-state index contributed by atoms with van der Waals surface area (Å²) in [6.45, 7) is 3.60. The summed E-state index contributed by atoms with van der Waals surface area (Å²) in [5, 5.41) is 15.6. The molecule has 0 aliphatic carbocycles. The summed E-state index contributed by atoms with van der Waals surface area (Å²) in [6, 6.07) is 2.03. The van der Waals surface area contributed by atoms with E-state index in [1.54, 1.807) is 7.05 Å². The highest BCUT2D eigenvalue weighted by atomic mass is 32.1. The molecular formula is C14H20N4O2S. The van der Waals surface area contributed by atoms with Crippen LogP contribution < -0.4 is 16.4 Å². The van der Waals surface area contributed by atoms with Crippen molar-refractivity contribution < 1.29 is 9.53 Å². The van der Waals surface area contributed by atoms with Gasteiger partial charge in [-0.3, -0.25) is 4.79 Å². The molecule has 1 aromatic rings. The average molecular weight is 308 g/mol. The van der Waals surface area contributed by atoms with E-state index in [9.17, 15) is 4.79 Å². The number of nitrogens with zero attached hydrogens (tertiary/aromatic N) is 1. The molecule has 1 amide bonds. The largest absolute Gasteiger partial charge is 0.396 e. The molecule has 114 valence electrons. The monoisotopic (exact) mass is 308 g/mol. The van der Waals surface area contributed by atoms with Gasteiger partial charge in [0.05, 0.1) is 17.4 Å². The molecule has 4 N–H and O–H groups in total. The zero-order chi connectivity index (χ0) is 15.4. The van der Waals surface area contributed by atoms with Crippen LogP contribution in [-0.4, -0.2) is 32.2 Å². The Kier molecular flexibility index (Phi) is 5.04. The third kappa shape index (κ3) is 3.12. The lowest BCUT2D eigenvalue weighted by atomic mass is 10.00. The maximum absolute atomic E-state index is 11.9. The van der Waals surface area contributed by atoms with Crippen LogP contribution in [0.4, 0.5) is 10.7 Å². The number of carbonyl (C=O) groups is 1. The van der Waals surface area contributed by atoms with Gasteiger partial charge in [0.25, 0.3) is 5.91 Å². The van der Waals surface area contributed by atoms with Crippen molar-refractivity contribution in [3.05, 3.63) is 10.4 Å². The summed E-state index contributed by atoms with van der Waals surface area (Å²) in [6.07, 6.45) is 2.24. The van der Waals surface area contributed by atoms with Gasteiger partial charge in [-0.15, -0.1) is 11.3 Å². The van der Waals surface area contributed by atoms with E-state index in [-0.39, 0.29) is 17.7 Å². The predicted molar refractivity (Wildman–Crippen MR) is 83.5 cm³/mol. The number of thiophene rings is 1. The number of nitriles is 1. The number of carbonyl (C=O) groups excluding carboxylic acids is 1. The van der Waals surface area contributed by atoms with Gasteiger partial charge < -0.3 is 21.1 Å². The Morgan fingerprint density at radius 2 is 2.38 bits per heavy atom. The summed E-state index contributed by atoms with van der Waals surface area (Å²) in [4.78, 5) is 12.3. The van der Waals surface area contributed by atoms with E-state index < -0.39 is 0 Å². The number of nitrogens with one attached hydrogen (secondary N) is 2. The first-order valence-electron chi connectivity index (χ1n) is 7.02. The van der Waals surface area contributed by atoms with Crippen molar-refractivity contribution >= 4 is 27.9 Å². The van der Waals surface area contributed by atoms with E-state index in [1.165, 1.54) is 11.3 Å². The average Bonchev–Trinajstić information content (AvgIpc) is 3.08. The van der Waals surface area contributed by atoms with Gasteiger partial charge in [-0.05, 0) is 12.8 Å². The first-order chi connectivity index (χ1) is 10.1. The van der Waals surface area contributed by atoms with Crippen LogP contribution in [0.1, 0.15) is 35.0 Å². The molecule has 2 heterocycles. The van der Waals surface area contributed by atoms with Gasteiger partial charge in [-0.1, -0.05) is 6.92 Å². The van der Waals surface area contributed by atoms with Crippen LogP contribution in [0.25, 0.3) is 0 Å². The minimum Gasteiger partial charge on any atom is -0.396 e. The Balaban J connectivity index is 2.16. The molecule has 1 aliphatic heterocycles. The second kappa shape index (κ2) is 6.78. The van der Waals surface area contributed by atoms with Gasteiger partial charge in [0.1, 0.15) is 15.9 Å². The molecule has 0 bridgehead atoms. The molecule has 1 fully saturated rings. The molecule has 0 radical (unpaired) electrons. The van der Waals surface area contributed by atoms with Crippen molar-refractivity contribution in [2.24, 2.45) is 5.92 Å². The molecule has 0 spiro atoms. The third-order valence-corrected chi connectivity index (χ3v) is 4.84. The number of nitrogen functional groups attached to an aromatic ring is 1. The predicted octanol–water partition coefficient (Wildman–Crippen LogP) is 1.79. The van der Waals surface area contributed by atoms with Crippen LogP contribution in [0, 0.1) is 17.2 Å². The Bertz CT molecular complexity index is 564. The fraction of sp³-hybridized carbons (Fsp3) is 0.571. The number of ether oxygens (including phenoxy) is 1. The van der Waals surface area contributed by atoms with E-state index >= 15 is 0 Å². The van der Waals surface area contributed by atoms with Gasteiger partial charge in [-0.25, -0.2) is 0 Å². The summed E-state index contributed by atoms with van der Waals surface area (Å²) < 4.78 is 5.66. The van der Waals surface area contributed by atoms with Crippen LogP contribution in [0.15, 0.2) is 0 Å². The number of amides is 1. The van der Waals surface area contributed by atoms with Crippen LogP contribution in [-0.2, 0) is 4.74 Å². The first kappa shape index (κ1) is 15.6. The summed E-state index contributed by atoms with van der Waals surface area (Å²) >= 11 is 1.22. The minimum atomic E-state index is -0.275. The number of hydrogen-bond donors (Lipinski definition) is 3. The molecule has 7 heteroatoms. The van der Waals surface area contributed by atoms with Crippen LogP contribution in [0.5, 0.6) is 0 Å².